The maximum atomic E-state index is 13.7. The summed E-state index contributed by atoms with van der Waals surface area (Å²) >= 11 is 1.73. The Balaban J connectivity index is 1.69. The molecule has 196 valence electrons. The van der Waals surface area contributed by atoms with Crippen molar-refractivity contribution >= 4 is 23.5 Å². The monoisotopic (exact) mass is 521 g/mol. The second-order valence-corrected chi connectivity index (χ2v) is 10.5. The quantitative estimate of drug-likeness (QED) is 0.315. The molecule has 0 amide bonds. The molecule has 2 aromatic rings. The molecule has 0 saturated carbocycles. The van der Waals surface area contributed by atoms with Crippen LogP contribution in [0.1, 0.15) is 56.6 Å². The van der Waals surface area contributed by atoms with Crippen LogP contribution in [0.3, 0.4) is 0 Å². The van der Waals surface area contributed by atoms with Crippen LogP contribution in [0.15, 0.2) is 71.1 Å². The van der Waals surface area contributed by atoms with Crippen LogP contribution in [0, 0.1) is 0 Å². The van der Waals surface area contributed by atoms with Crippen molar-refractivity contribution in [1.29, 1.82) is 0 Å². The molecule has 0 unspecified atom stereocenters. The molecule has 0 fully saturated rings. The Morgan fingerprint density at radius 1 is 1.00 bits per heavy atom. The predicted octanol–water partition coefficient (Wildman–Crippen LogP) is 5.75. The molecule has 0 aromatic heterocycles. The summed E-state index contributed by atoms with van der Waals surface area (Å²) in [5.41, 5.74) is 4.75. The average Bonchev–Trinajstić information content (AvgIpc) is 2.91. The zero-order valence-electron chi connectivity index (χ0n) is 22.0. The van der Waals surface area contributed by atoms with Gasteiger partial charge in [-0.2, -0.15) is 11.8 Å². The number of Topliss-reactive ketones (excluding diaryl/α,β-unsaturated/α-hetero) is 1. The van der Waals surface area contributed by atoms with E-state index in [1.54, 1.807) is 18.9 Å². The first-order valence-electron chi connectivity index (χ1n) is 12.8. The van der Waals surface area contributed by atoms with Gasteiger partial charge >= 0.3 is 5.97 Å². The standard InChI is InChI=1S/C30H35NO5S/c1-5-35-24-13-9-21(10-14-24)28-27(30(33)36-15-16-37-6-2)19(3)31-25-17-22(18-26(32)29(25)28)20-7-11-23(34-4)12-8-20/h7-14,22,28,31H,5-6,15-18H2,1-4H3/t22-,28-/m0/s1. The number of methoxy groups -OCH3 is 1. The van der Waals surface area contributed by atoms with Crippen molar-refractivity contribution in [2.75, 3.05) is 31.8 Å². The summed E-state index contributed by atoms with van der Waals surface area (Å²) < 4.78 is 16.6. The van der Waals surface area contributed by atoms with E-state index in [-0.39, 0.29) is 17.7 Å². The van der Waals surface area contributed by atoms with Gasteiger partial charge in [0.05, 0.1) is 19.3 Å². The molecule has 0 radical (unpaired) electrons. The van der Waals surface area contributed by atoms with E-state index in [2.05, 4.69) is 12.2 Å². The third-order valence-electron chi connectivity index (χ3n) is 6.82. The average molecular weight is 522 g/mol. The van der Waals surface area contributed by atoms with E-state index < -0.39 is 5.92 Å². The molecule has 2 atom stereocenters. The Morgan fingerprint density at radius 2 is 1.68 bits per heavy atom. The fraction of sp³-hybridized carbons (Fsp3) is 0.400. The van der Waals surface area contributed by atoms with Gasteiger partial charge < -0.3 is 19.5 Å². The number of carbonyl (C=O) groups is 2. The normalized spacial score (nSPS) is 19.3. The Bertz CT molecular complexity index is 1180. The summed E-state index contributed by atoms with van der Waals surface area (Å²) in [6.45, 7) is 6.82. The van der Waals surface area contributed by atoms with Gasteiger partial charge in [0.25, 0.3) is 0 Å². The Hall–Kier alpha value is -3.19. The van der Waals surface area contributed by atoms with Gasteiger partial charge in [-0.25, -0.2) is 4.79 Å². The van der Waals surface area contributed by atoms with Gasteiger partial charge in [-0.3, -0.25) is 4.79 Å². The molecule has 4 rings (SSSR count). The van der Waals surface area contributed by atoms with E-state index >= 15 is 0 Å². The summed E-state index contributed by atoms with van der Waals surface area (Å²) in [5, 5.41) is 3.42. The molecule has 6 nitrogen and oxygen atoms in total. The zero-order valence-corrected chi connectivity index (χ0v) is 22.8. The minimum atomic E-state index is -0.484. The topological polar surface area (TPSA) is 73.9 Å². The molecule has 2 aromatic carbocycles. The third kappa shape index (κ3) is 6.04. The molecule has 1 aliphatic carbocycles. The lowest BCUT2D eigenvalue weighted by molar-refractivity contribution is -0.138. The smallest absolute Gasteiger partial charge is 0.336 e. The van der Waals surface area contributed by atoms with Crippen LogP contribution in [0.25, 0.3) is 0 Å². The van der Waals surface area contributed by atoms with Crippen LogP contribution in [0.4, 0.5) is 0 Å². The molecule has 1 aliphatic heterocycles. The molecule has 1 N–H and O–H groups in total. The molecule has 2 aliphatic rings. The first kappa shape index (κ1) is 26.9. The lowest BCUT2D eigenvalue weighted by Gasteiger charge is -2.36. The van der Waals surface area contributed by atoms with Gasteiger partial charge in [0.15, 0.2) is 5.78 Å². The fourth-order valence-corrected chi connectivity index (χ4v) is 5.58. The molecule has 7 heteroatoms. The van der Waals surface area contributed by atoms with E-state index in [1.165, 1.54) is 0 Å². The van der Waals surface area contributed by atoms with Gasteiger partial charge in [0, 0.05) is 35.1 Å². The van der Waals surface area contributed by atoms with Crippen LogP contribution in [0.5, 0.6) is 11.5 Å². The first-order chi connectivity index (χ1) is 18.0. The van der Waals surface area contributed by atoms with E-state index in [4.69, 9.17) is 14.2 Å². The van der Waals surface area contributed by atoms with E-state index in [9.17, 15) is 9.59 Å². The van der Waals surface area contributed by atoms with Crippen LogP contribution in [-0.2, 0) is 14.3 Å². The third-order valence-corrected chi connectivity index (χ3v) is 7.69. The number of benzene rings is 2. The highest BCUT2D eigenvalue weighted by Gasteiger charge is 2.41. The molecular weight excluding hydrogens is 486 g/mol. The van der Waals surface area contributed by atoms with Gasteiger partial charge in [-0.05, 0) is 67.3 Å². The molecule has 1 heterocycles. The first-order valence-corrected chi connectivity index (χ1v) is 14.0. The number of thioether (sulfide) groups is 1. The van der Waals surface area contributed by atoms with Crippen molar-refractivity contribution in [3.8, 4) is 11.5 Å². The Kier molecular flexibility index (Phi) is 8.98. The highest BCUT2D eigenvalue weighted by Crippen LogP contribution is 2.46. The lowest BCUT2D eigenvalue weighted by atomic mass is 9.71. The van der Waals surface area contributed by atoms with Crippen LogP contribution in [0.2, 0.25) is 0 Å². The number of hydrogen-bond donors (Lipinski definition) is 1. The van der Waals surface area contributed by atoms with E-state index in [1.807, 2.05) is 62.4 Å². The fourth-order valence-electron chi connectivity index (χ4n) is 5.09. The number of ether oxygens (including phenoxy) is 3. The SMILES string of the molecule is CCOc1ccc([C@H]2C(C(=O)OCCSCC)=C(C)NC3=C2C(=O)C[C@@H](c2ccc(OC)cc2)C3)cc1. The predicted molar refractivity (Wildman–Crippen MR) is 147 cm³/mol. The van der Waals surface area contributed by atoms with Gasteiger partial charge in [-0.1, -0.05) is 31.2 Å². The number of dihydropyridines is 1. The second-order valence-electron chi connectivity index (χ2n) is 9.13. The van der Waals surface area contributed by atoms with Crippen LogP contribution >= 0.6 is 11.8 Å². The molecule has 37 heavy (non-hydrogen) atoms. The van der Waals surface area contributed by atoms with Crippen molar-refractivity contribution in [2.24, 2.45) is 0 Å². The Labute approximate surface area is 223 Å². The lowest BCUT2D eigenvalue weighted by Crippen LogP contribution is -2.36. The highest BCUT2D eigenvalue weighted by molar-refractivity contribution is 7.99. The zero-order chi connectivity index (χ0) is 26.4. The van der Waals surface area contributed by atoms with Crippen molar-refractivity contribution < 1.29 is 23.8 Å². The number of nitrogens with one attached hydrogen (secondary N) is 1. The minimum Gasteiger partial charge on any atom is -0.497 e. The second kappa shape index (κ2) is 12.4. The summed E-state index contributed by atoms with van der Waals surface area (Å²) in [6, 6.07) is 15.6. The Morgan fingerprint density at radius 3 is 2.32 bits per heavy atom. The van der Waals surface area contributed by atoms with Crippen molar-refractivity contribution in [1.82, 2.24) is 5.32 Å². The number of ketones is 1. The summed E-state index contributed by atoms with van der Waals surface area (Å²) in [5.74, 6) is 2.49. The van der Waals surface area contributed by atoms with Gasteiger partial charge in [0.1, 0.15) is 18.1 Å². The van der Waals surface area contributed by atoms with Crippen molar-refractivity contribution in [2.45, 2.75) is 45.4 Å². The molecular formula is C30H35NO5S. The number of rotatable bonds is 10. The largest absolute Gasteiger partial charge is 0.497 e. The van der Waals surface area contributed by atoms with Crippen LogP contribution < -0.4 is 14.8 Å². The van der Waals surface area contributed by atoms with Crippen molar-refractivity contribution in [3.05, 3.63) is 82.2 Å². The summed E-state index contributed by atoms with van der Waals surface area (Å²) in [7, 11) is 1.64. The highest BCUT2D eigenvalue weighted by atomic mass is 32.2. The molecule has 0 bridgehead atoms. The maximum absolute atomic E-state index is 13.7. The number of hydrogen-bond acceptors (Lipinski definition) is 7. The number of allylic oxidation sites excluding steroid dienone is 3. The van der Waals surface area contributed by atoms with Crippen molar-refractivity contribution in [3.63, 3.8) is 0 Å². The minimum absolute atomic E-state index is 0.0489. The van der Waals surface area contributed by atoms with Gasteiger partial charge in [-0.15, -0.1) is 0 Å². The number of esters is 1. The maximum Gasteiger partial charge on any atom is 0.336 e. The van der Waals surface area contributed by atoms with E-state index in [0.717, 1.165) is 45.5 Å². The summed E-state index contributed by atoms with van der Waals surface area (Å²) in [4.78, 5) is 27.1. The van der Waals surface area contributed by atoms with Crippen LogP contribution in [-0.4, -0.2) is 43.6 Å². The molecule has 0 spiro atoms. The summed E-state index contributed by atoms with van der Waals surface area (Å²) in [6.07, 6.45) is 1.07. The van der Waals surface area contributed by atoms with Gasteiger partial charge in [0.2, 0.25) is 0 Å². The molecule has 0 saturated heterocycles. The van der Waals surface area contributed by atoms with E-state index in [0.29, 0.717) is 37.2 Å². The number of carbonyl (C=O) groups excluding carboxylic acids is 2.